The van der Waals surface area contributed by atoms with Crippen LogP contribution in [0.2, 0.25) is 0 Å². The second-order valence-electron chi connectivity index (χ2n) is 4.47. The van der Waals surface area contributed by atoms with Gasteiger partial charge < -0.3 is 5.32 Å². The quantitative estimate of drug-likeness (QED) is 0.701. The summed E-state index contributed by atoms with van der Waals surface area (Å²) in [5.41, 5.74) is 0.0907. The van der Waals surface area contributed by atoms with Crippen LogP contribution in [0.4, 0.5) is 0 Å². The Hall–Kier alpha value is 0.0700. The first-order valence-electron chi connectivity index (χ1n) is 5.09. The summed E-state index contributed by atoms with van der Waals surface area (Å²) in [6.07, 6.45) is 4.80. The van der Waals surface area contributed by atoms with Gasteiger partial charge in [0.15, 0.2) is 0 Å². The van der Waals surface area contributed by atoms with Gasteiger partial charge in [0.05, 0.1) is 16.5 Å². The van der Waals surface area contributed by atoms with Crippen LogP contribution in [0, 0.1) is 0 Å². The maximum atomic E-state index is 11.8. The zero-order chi connectivity index (χ0) is 9.31. The first-order chi connectivity index (χ1) is 6.20. The van der Waals surface area contributed by atoms with Crippen LogP contribution < -0.4 is 10.0 Å². The van der Waals surface area contributed by atoms with Crippen molar-refractivity contribution in [3.63, 3.8) is 0 Å². The second kappa shape index (κ2) is 3.67. The van der Waals surface area contributed by atoms with Crippen LogP contribution in [0.5, 0.6) is 0 Å². The maximum Gasteiger partial charge on any atom is 0.0953 e. The predicted molar refractivity (Wildman–Crippen MR) is 54.8 cm³/mol. The van der Waals surface area contributed by atoms with Gasteiger partial charge in [-0.25, -0.2) is 8.93 Å². The van der Waals surface area contributed by atoms with Crippen molar-refractivity contribution in [2.24, 2.45) is 0 Å². The molecule has 0 aromatic heterocycles. The van der Waals surface area contributed by atoms with Crippen molar-refractivity contribution in [3.8, 4) is 0 Å². The molecular weight excluding hydrogens is 184 g/mol. The molecule has 1 aliphatic heterocycles. The molecule has 1 atom stereocenters. The molecule has 3 nitrogen and oxygen atoms in total. The molecule has 0 radical (unpaired) electrons. The first-order valence-corrected chi connectivity index (χ1v) is 6.30. The van der Waals surface area contributed by atoms with E-state index in [2.05, 4.69) is 17.0 Å². The summed E-state index contributed by atoms with van der Waals surface area (Å²) in [5, 5.41) is 3.62. The van der Waals surface area contributed by atoms with E-state index >= 15 is 0 Å². The van der Waals surface area contributed by atoms with Gasteiger partial charge in [-0.3, -0.25) is 0 Å². The fraction of sp³-hybridized carbons (Fsp3) is 1.00. The van der Waals surface area contributed by atoms with Crippen LogP contribution >= 0.6 is 0 Å². The fourth-order valence-corrected chi connectivity index (χ4v) is 3.56. The molecule has 2 aliphatic rings. The normalized spacial score (nSPS) is 29.9. The van der Waals surface area contributed by atoms with Crippen molar-refractivity contribution < 1.29 is 4.21 Å². The standard InChI is InChI=1S/C9H18N2OS/c1-9(6-10-7-9)11-13(12)8-4-2-3-5-8/h8,10-11H,2-7H2,1H3. The topological polar surface area (TPSA) is 41.1 Å². The van der Waals surface area contributed by atoms with Crippen LogP contribution in [-0.2, 0) is 11.0 Å². The zero-order valence-corrected chi connectivity index (χ0v) is 8.95. The molecule has 1 saturated heterocycles. The highest BCUT2D eigenvalue weighted by molar-refractivity contribution is 7.83. The Kier molecular flexibility index (Phi) is 2.72. The van der Waals surface area contributed by atoms with E-state index in [0.717, 1.165) is 25.9 Å². The van der Waals surface area contributed by atoms with E-state index in [0.29, 0.717) is 5.25 Å². The lowest BCUT2D eigenvalue weighted by Crippen LogP contribution is -2.66. The molecule has 2 rings (SSSR count). The van der Waals surface area contributed by atoms with E-state index < -0.39 is 11.0 Å². The molecule has 1 saturated carbocycles. The van der Waals surface area contributed by atoms with Crippen molar-refractivity contribution in [1.82, 2.24) is 10.0 Å². The minimum atomic E-state index is -0.803. The van der Waals surface area contributed by atoms with Crippen LogP contribution in [0.15, 0.2) is 0 Å². The van der Waals surface area contributed by atoms with Crippen molar-refractivity contribution in [1.29, 1.82) is 0 Å². The van der Waals surface area contributed by atoms with Crippen LogP contribution in [0.3, 0.4) is 0 Å². The van der Waals surface area contributed by atoms with Crippen molar-refractivity contribution in [2.45, 2.75) is 43.4 Å². The number of nitrogens with one attached hydrogen (secondary N) is 2. The Balaban J connectivity index is 1.83. The van der Waals surface area contributed by atoms with E-state index in [-0.39, 0.29) is 5.54 Å². The van der Waals surface area contributed by atoms with Gasteiger partial charge >= 0.3 is 0 Å². The average molecular weight is 202 g/mol. The first kappa shape index (κ1) is 9.62. The summed E-state index contributed by atoms with van der Waals surface area (Å²) < 4.78 is 15.1. The van der Waals surface area contributed by atoms with E-state index in [9.17, 15) is 4.21 Å². The van der Waals surface area contributed by atoms with Gasteiger partial charge in [0.1, 0.15) is 0 Å². The Labute approximate surface area is 82.3 Å². The van der Waals surface area contributed by atoms with Crippen molar-refractivity contribution in [3.05, 3.63) is 0 Å². The minimum Gasteiger partial charge on any atom is -0.313 e. The van der Waals surface area contributed by atoms with Gasteiger partial charge in [-0.2, -0.15) is 0 Å². The summed E-state index contributed by atoms with van der Waals surface area (Å²) in [6, 6.07) is 0. The third-order valence-electron chi connectivity index (χ3n) is 2.98. The van der Waals surface area contributed by atoms with Gasteiger partial charge in [-0.05, 0) is 19.8 Å². The summed E-state index contributed by atoms with van der Waals surface area (Å²) in [7, 11) is -0.803. The lowest BCUT2D eigenvalue weighted by Gasteiger charge is -2.40. The van der Waals surface area contributed by atoms with Gasteiger partial charge in [0.2, 0.25) is 0 Å². The maximum absolute atomic E-state index is 11.8. The minimum absolute atomic E-state index is 0.0907. The summed E-state index contributed by atoms with van der Waals surface area (Å²) in [6.45, 7) is 4.03. The molecule has 0 aromatic rings. The summed E-state index contributed by atoms with van der Waals surface area (Å²) in [5.74, 6) is 0. The van der Waals surface area contributed by atoms with Gasteiger partial charge in [-0.15, -0.1) is 0 Å². The molecule has 0 spiro atoms. The lowest BCUT2D eigenvalue weighted by atomic mass is 9.97. The molecule has 0 amide bonds. The smallest absolute Gasteiger partial charge is 0.0953 e. The Bertz CT molecular complexity index is 210. The van der Waals surface area contributed by atoms with Crippen molar-refractivity contribution >= 4 is 11.0 Å². The van der Waals surface area contributed by atoms with E-state index in [4.69, 9.17) is 0 Å². The number of hydrogen-bond donors (Lipinski definition) is 2. The summed E-state index contributed by atoms with van der Waals surface area (Å²) in [4.78, 5) is 0. The molecule has 76 valence electrons. The molecule has 4 heteroatoms. The van der Waals surface area contributed by atoms with E-state index in [1.54, 1.807) is 0 Å². The van der Waals surface area contributed by atoms with Crippen LogP contribution in [0.25, 0.3) is 0 Å². The molecule has 0 bridgehead atoms. The molecule has 1 unspecified atom stereocenters. The van der Waals surface area contributed by atoms with Crippen LogP contribution in [0.1, 0.15) is 32.6 Å². The largest absolute Gasteiger partial charge is 0.313 e. The Morgan fingerprint density at radius 3 is 2.46 bits per heavy atom. The monoisotopic (exact) mass is 202 g/mol. The predicted octanol–water partition coefficient (Wildman–Crippen LogP) is 0.544. The number of hydrogen-bond acceptors (Lipinski definition) is 2. The fourth-order valence-electron chi connectivity index (χ4n) is 2.00. The van der Waals surface area contributed by atoms with E-state index in [1.165, 1.54) is 12.8 Å². The second-order valence-corrected chi connectivity index (χ2v) is 5.94. The molecule has 2 fully saturated rings. The molecule has 2 N–H and O–H groups in total. The molecule has 1 heterocycles. The molecule has 13 heavy (non-hydrogen) atoms. The molecule has 0 aromatic carbocycles. The number of rotatable bonds is 3. The SMILES string of the molecule is CC1(NS(=O)C2CCCC2)CNC1. The third-order valence-corrected chi connectivity index (χ3v) is 4.75. The van der Waals surface area contributed by atoms with Gasteiger partial charge in [0, 0.05) is 18.3 Å². The van der Waals surface area contributed by atoms with Gasteiger partial charge in [-0.1, -0.05) is 12.8 Å². The Morgan fingerprint density at radius 1 is 1.38 bits per heavy atom. The average Bonchev–Trinajstić information content (AvgIpc) is 2.53. The van der Waals surface area contributed by atoms with Gasteiger partial charge in [0.25, 0.3) is 0 Å². The summed E-state index contributed by atoms with van der Waals surface area (Å²) >= 11 is 0. The lowest BCUT2D eigenvalue weighted by molar-refractivity contribution is 0.283. The van der Waals surface area contributed by atoms with E-state index in [1.807, 2.05) is 0 Å². The molecule has 1 aliphatic carbocycles. The highest BCUT2D eigenvalue weighted by Crippen LogP contribution is 2.23. The highest BCUT2D eigenvalue weighted by atomic mass is 32.2. The Morgan fingerprint density at radius 2 is 2.00 bits per heavy atom. The highest BCUT2D eigenvalue weighted by Gasteiger charge is 2.35. The molecular formula is C9H18N2OS. The third kappa shape index (κ3) is 2.11. The van der Waals surface area contributed by atoms with Crippen molar-refractivity contribution in [2.75, 3.05) is 13.1 Å². The zero-order valence-electron chi connectivity index (χ0n) is 8.14. The van der Waals surface area contributed by atoms with Crippen LogP contribution in [-0.4, -0.2) is 28.1 Å².